The molecule has 262 valence electrons. The molecule has 2 aliphatic heterocycles. The summed E-state index contributed by atoms with van der Waals surface area (Å²) in [5, 5.41) is 2.69. The predicted octanol–water partition coefficient (Wildman–Crippen LogP) is 1.40. The zero-order valence-corrected chi connectivity index (χ0v) is 28.1. The van der Waals surface area contributed by atoms with Crippen molar-refractivity contribution < 1.29 is 43.0 Å². The summed E-state index contributed by atoms with van der Waals surface area (Å²) in [5.41, 5.74) is 10.7. The average Bonchev–Trinajstić information content (AvgIpc) is 3.52. The van der Waals surface area contributed by atoms with E-state index in [2.05, 4.69) is 5.32 Å². The fourth-order valence-electron chi connectivity index (χ4n) is 6.62. The van der Waals surface area contributed by atoms with Gasteiger partial charge in [0.25, 0.3) is 5.91 Å². The molecule has 0 aromatic heterocycles. The Labute approximate surface area is 280 Å². The van der Waals surface area contributed by atoms with Crippen molar-refractivity contribution in [3.63, 3.8) is 0 Å². The van der Waals surface area contributed by atoms with Gasteiger partial charge in [0.15, 0.2) is 0 Å². The first-order chi connectivity index (χ1) is 22.8. The first-order valence-corrected chi connectivity index (χ1v) is 16.5. The second kappa shape index (κ2) is 15.6. The molecule has 2 heterocycles. The topological polar surface area (TPSA) is 204 Å². The first-order valence-electron chi connectivity index (χ1n) is 16.5. The average molecular weight is 670 g/mol. The van der Waals surface area contributed by atoms with Crippen molar-refractivity contribution in [1.29, 1.82) is 0 Å². The van der Waals surface area contributed by atoms with Crippen LogP contribution < -0.4 is 16.8 Å². The highest BCUT2D eigenvalue weighted by Gasteiger charge is 2.62. The number of benzene rings is 1. The fourth-order valence-corrected chi connectivity index (χ4v) is 6.62. The molecule has 4 rings (SSSR count). The lowest BCUT2D eigenvalue weighted by molar-refractivity contribution is -0.180. The normalized spacial score (nSPS) is 21.6. The quantitative estimate of drug-likeness (QED) is 0.131. The lowest BCUT2D eigenvalue weighted by Crippen LogP contribution is -2.66. The third kappa shape index (κ3) is 7.80. The number of fused-ring (bicyclic) bond motifs is 1. The number of ether oxygens (including phenoxy) is 3. The molecule has 0 bridgehead atoms. The standard InChI is InChI=1S/C34H47N5O9/c1-5-10-27(41)37-22(14-15-26(35)40)30(42)38-16-9-13-23(38)31(43)39(24-17-25-29(48-25)28(24)36)34(18-20(2)3,32(44)46-4)33(45)47-19-21-11-7-6-8-12-21/h6-8,11-12,20,22-23,25,29H,5,9-10,13-19,36H2,1-4H3,(H2,35,40)(H,37,41)/t22-,23-,25?,29?,34-/m0/s1. The molecule has 2 unspecified atom stereocenters. The highest BCUT2D eigenvalue weighted by atomic mass is 16.6. The Kier molecular flexibility index (Phi) is 11.8. The van der Waals surface area contributed by atoms with Crippen LogP contribution in [0.1, 0.15) is 77.7 Å². The Bertz CT molecular complexity index is 1430. The van der Waals surface area contributed by atoms with E-state index in [0.717, 1.165) is 12.0 Å². The van der Waals surface area contributed by atoms with Crippen molar-refractivity contribution in [2.24, 2.45) is 17.4 Å². The van der Waals surface area contributed by atoms with E-state index in [1.165, 1.54) is 4.90 Å². The molecular weight excluding hydrogens is 622 g/mol. The molecule has 1 aromatic carbocycles. The zero-order valence-electron chi connectivity index (χ0n) is 28.1. The van der Waals surface area contributed by atoms with Gasteiger partial charge in [0, 0.05) is 31.5 Å². The lowest BCUT2D eigenvalue weighted by atomic mass is 9.85. The Morgan fingerprint density at radius 3 is 2.40 bits per heavy atom. The monoisotopic (exact) mass is 669 g/mol. The maximum absolute atomic E-state index is 15.0. The number of hydrogen-bond donors (Lipinski definition) is 3. The molecule has 5 N–H and O–H groups in total. The molecule has 0 radical (unpaired) electrons. The van der Waals surface area contributed by atoms with Crippen LogP contribution in [0.15, 0.2) is 41.7 Å². The summed E-state index contributed by atoms with van der Waals surface area (Å²) < 4.78 is 16.6. The molecular formula is C34H47N5O9. The van der Waals surface area contributed by atoms with E-state index >= 15 is 0 Å². The molecule has 0 spiro atoms. The van der Waals surface area contributed by atoms with Crippen LogP contribution in [0.4, 0.5) is 0 Å². The molecule has 0 saturated carbocycles. The lowest BCUT2D eigenvalue weighted by Gasteiger charge is -2.43. The van der Waals surface area contributed by atoms with E-state index in [1.807, 2.05) is 13.0 Å². The highest BCUT2D eigenvalue weighted by Crippen LogP contribution is 2.46. The van der Waals surface area contributed by atoms with E-state index < -0.39 is 53.4 Å². The molecule has 14 heteroatoms. The van der Waals surface area contributed by atoms with Gasteiger partial charge in [-0.3, -0.25) is 24.1 Å². The van der Waals surface area contributed by atoms with Crippen molar-refractivity contribution in [2.75, 3.05) is 13.7 Å². The van der Waals surface area contributed by atoms with E-state index in [1.54, 1.807) is 38.1 Å². The van der Waals surface area contributed by atoms with E-state index in [4.69, 9.17) is 25.7 Å². The molecule has 48 heavy (non-hydrogen) atoms. The van der Waals surface area contributed by atoms with Gasteiger partial charge >= 0.3 is 11.9 Å². The molecule has 1 aromatic rings. The Morgan fingerprint density at radius 1 is 1.10 bits per heavy atom. The van der Waals surface area contributed by atoms with Gasteiger partial charge < -0.3 is 35.9 Å². The fraction of sp³-hybridized carbons (Fsp3) is 0.588. The molecule has 2 saturated heterocycles. The van der Waals surface area contributed by atoms with Gasteiger partial charge in [0.1, 0.15) is 24.8 Å². The van der Waals surface area contributed by atoms with Crippen LogP contribution in [-0.4, -0.2) is 88.9 Å². The molecule has 3 aliphatic rings. The SMILES string of the molecule is CCCC(=O)N[C@@H](CCC(N)=O)C(=O)N1CCC[C@H]1C(=O)N(C1=C(N)C2OC2C1)[C@@](CC(C)C)(C(=O)OC)C(=O)OCc1ccccc1. The number of carbonyl (C=O) groups excluding carboxylic acids is 6. The largest absolute Gasteiger partial charge is 0.467 e. The number of hydrogen-bond acceptors (Lipinski definition) is 10. The Hall–Kier alpha value is -4.46. The number of nitrogens with zero attached hydrogens (tertiary/aromatic N) is 2. The van der Waals surface area contributed by atoms with Crippen LogP contribution in [0.25, 0.3) is 0 Å². The summed E-state index contributed by atoms with van der Waals surface area (Å²) in [6.07, 6.45) is 0.305. The molecule has 4 amide bonds. The van der Waals surface area contributed by atoms with Crippen molar-refractivity contribution in [3.8, 4) is 0 Å². The minimum Gasteiger partial charge on any atom is -0.467 e. The van der Waals surface area contributed by atoms with E-state index in [9.17, 15) is 28.8 Å². The number of nitrogens with one attached hydrogen (secondary N) is 1. The van der Waals surface area contributed by atoms with Crippen molar-refractivity contribution >= 4 is 35.6 Å². The van der Waals surface area contributed by atoms with Gasteiger partial charge in [-0.05, 0) is 43.6 Å². The van der Waals surface area contributed by atoms with E-state index in [0.29, 0.717) is 18.4 Å². The maximum atomic E-state index is 15.0. The minimum absolute atomic E-state index is 0.0607. The number of amides is 4. The summed E-state index contributed by atoms with van der Waals surface area (Å²) in [6.45, 7) is 5.40. The van der Waals surface area contributed by atoms with Crippen LogP contribution >= 0.6 is 0 Å². The smallest absolute Gasteiger partial charge is 0.344 e. The van der Waals surface area contributed by atoms with Crippen LogP contribution in [0.5, 0.6) is 0 Å². The van der Waals surface area contributed by atoms with Crippen LogP contribution in [0, 0.1) is 5.92 Å². The first kappa shape index (κ1) is 36.4. The number of esters is 2. The van der Waals surface area contributed by atoms with Gasteiger partial charge in [-0.1, -0.05) is 51.1 Å². The second-order valence-electron chi connectivity index (χ2n) is 13.0. The molecule has 14 nitrogen and oxygen atoms in total. The van der Waals surface area contributed by atoms with Gasteiger partial charge in [0.2, 0.25) is 23.3 Å². The van der Waals surface area contributed by atoms with Gasteiger partial charge in [-0.15, -0.1) is 0 Å². The van der Waals surface area contributed by atoms with Gasteiger partial charge in [-0.2, -0.15) is 0 Å². The number of rotatable bonds is 16. The number of epoxide rings is 1. The summed E-state index contributed by atoms with van der Waals surface area (Å²) in [4.78, 5) is 84.0. The number of methoxy groups -OCH3 is 1. The Morgan fingerprint density at radius 2 is 1.81 bits per heavy atom. The van der Waals surface area contributed by atoms with Crippen molar-refractivity contribution in [2.45, 2.75) is 109 Å². The third-order valence-electron chi connectivity index (χ3n) is 8.88. The molecule has 5 atom stereocenters. The second-order valence-corrected chi connectivity index (χ2v) is 13.0. The van der Waals surface area contributed by atoms with Crippen molar-refractivity contribution in [3.05, 3.63) is 47.3 Å². The summed E-state index contributed by atoms with van der Waals surface area (Å²) >= 11 is 0. The predicted molar refractivity (Wildman–Crippen MR) is 172 cm³/mol. The zero-order chi connectivity index (χ0) is 35.2. The molecule has 1 aliphatic carbocycles. The summed E-state index contributed by atoms with van der Waals surface area (Å²) in [7, 11) is 1.13. The highest BCUT2D eigenvalue weighted by molar-refractivity contribution is 6.09. The minimum atomic E-state index is -2.29. The Balaban J connectivity index is 1.77. The summed E-state index contributed by atoms with van der Waals surface area (Å²) in [5.74, 6) is -4.63. The van der Waals surface area contributed by atoms with Crippen molar-refractivity contribution in [1.82, 2.24) is 15.1 Å². The van der Waals surface area contributed by atoms with E-state index in [-0.39, 0.29) is 81.0 Å². The van der Waals surface area contributed by atoms with Gasteiger partial charge in [-0.25, -0.2) is 9.59 Å². The third-order valence-corrected chi connectivity index (χ3v) is 8.88. The number of likely N-dealkylation sites (tertiary alicyclic amines) is 1. The van der Waals surface area contributed by atoms with Crippen LogP contribution in [0.2, 0.25) is 0 Å². The maximum Gasteiger partial charge on any atom is 0.344 e. The van der Waals surface area contributed by atoms with Crippen LogP contribution in [0.3, 0.4) is 0 Å². The van der Waals surface area contributed by atoms with Crippen LogP contribution in [-0.2, 0) is 49.6 Å². The number of carbonyl (C=O) groups is 6. The number of nitrogens with two attached hydrogens (primary N) is 2. The molecule has 2 fully saturated rings. The van der Waals surface area contributed by atoms with Gasteiger partial charge in [0.05, 0.1) is 18.9 Å². The summed E-state index contributed by atoms with van der Waals surface area (Å²) in [6, 6.07) is 6.65. The number of primary amides is 1.